The number of hydrogen-bond acceptors (Lipinski definition) is 7. The van der Waals surface area contributed by atoms with Crippen LogP contribution in [0.15, 0.2) is 121 Å². The normalized spacial score (nSPS) is 14.1. The van der Waals surface area contributed by atoms with E-state index in [1.165, 1.54) is 11.3 Å². The first-order valence-electron chi connectivity index (χ1n) is 13.6. The van der Waals surface area contributed by atoms with Gasteiger partial charge in [0.05, 0.1) is 23.5 Å². The molecule has 0 amide bonds. The molecule has 5 aromatic rings. The zero-order valence-electron chi connectivity index (χ0n) is 23.3. The van der Waals surface area contributed by atoms with Gasteiger partial charge in [-0.2, -0.15) is 0 Å². The van der Waals surface area contributed by atoms with Gasteiger partial charge in [-0.1, -0.05) is 97.1 Å². The molecule has 4 aromatic carbocycles. The summed E-state index contributed by atoms with van der Waals surface area (Å²) < 4.78 is 23.8. The zero-order chi connectivity index (χ0) is 28.9. The van der Waals surface area contributed by atoms with Gasteiger partial charge in [0.15, 0.2) is 11.5 Å². The van der Waals surface area contributed by atoms with E-state index < -0.39 is 11.9 Å². The number of allylic oxidation sites excluding steroid dienone is 1. The van der Waals surface area contributed by atoms with Crippen LogP contribution in [-0.4, -0.2) is 18.1 Å². The number of methoxy groups -OCH3 is 1. The number of carbonyl (C=O) groups is 1. The zero-order valence-corrected chi connectivity index (χ0v) is 24.1. The third-order valence-electron chi connectivity index (χ3n) is 7.01. The Bertz CT molecular complexity index is 1710. The minimum absolute atomic E-state index is 0.156. The van der Waals surface area contributed by atoms with E-state index in [1.54, 1.807) is 14.0 Å². The topological polar surface area (TPSA) is 66.9 Å². The molecule has 0 saturated heterocycles. The highest BCUT2D eigenvalue weighted by atomic mass is 32.1. The second-order valence-corrected chi connectivity index (χ2v) is 10.8. The second-order valence-electron chi connectivity index (χ2n) is 9.81. The van der Waals surface area contributed by atoms with Crippen LogP contribution in [0.25, 0.3) is 10.6 Å². The average Bonchev–Trinajstić information content (AvgIpc) is 3.47. The summed E-state index contributed by atoms with van der Waals surface area (Å²) in [6, 6.07) is 35.3. The summed E-state index contributed by atoms with van der Waals surface area (Å²) in [5.74, 6) is 1.22. The number of hydrogen-bond donors (Lipinski definition) is 0. The third kappa shape index (κ3) is 5.78. The van der Waals surface area contributed by atoms with E-state index in [-0.39, 0.29) is 6.61 Å². The van der Waals surface area contributed by atoms with E-state index in [1.807, 2.05) is 109 Å². The number of rotatable bonds is 9. The monoisotopic (exact) mass is 575 g/mol. The molecule has 6 nitrogen and oxygen atoms in total. The first kappa shape index (κ1) is 27.3. The lowest BCUT2D eigenvalue weighted by Gasteiger charge is -2.26. The van der Waals surface area contributed by atoms with Crippen LogP contribution in [0.5, 0.6) is 17.4 Å². The Hall–Kier alpha value is -4.88. The first-order chi connectivity index (χ1) is 20.6. The van der Waals surface area contributed by atoms with Crippen LogP contribution in [0.1, 0.15) is 34.4 Å². The molecular formula is C35H29NO5S. The highest BCUT2D eigenvalue weighted by Gasteiger charge is 2.38. The van der Waals surface area contributed by atoms with Crippen molar-refractivity contribution in [3.8, 4) is 28.0 Å². The number of nitrogens with zero attached hydrogens (tertiary/aromatic N) is 1. The fourth-order valence-corrected chi connectivity index (χ4v) is 6.05. The summed E-state index contributed by atoms with van der Waals surface area (Å²) in [5, 5.41) is 0.812. The maximum Gasteiger partial charge on any atom is 0.338 e. The van der Waals surface area contributed by atoms with Crippen molar-refractivity contribution in [3.05, 3.63) is 142 Å². The average molecular weight is 576 g/mol. The Morgan fingerprint density at radius 3 is 2.14 bits per heavy atom. The molecule has 0 aliphatic carbocycles. The van der Waals surface area contributed by atoms with Gasteiger partial charge in [-0.25, -0.2) is 9.78 Å². The minimum atomic E-state index is -0.468. The van der Waals surface area contributed by atoms with Crippen LogP contribution in [-0.2, 0) is 22.7 Å². The van der Waals surface area contributed by atoms with Gasteiger partial charge in [-0.3, -0.25) is 0 Å². The highest BCUT2D eigenvalue weighted by Crippen LogP contribution is 2.49. The molecule has 0 saturated carbocycles. The predicted molar refractivity (Wildman–Crippen MR) is 163 cm³/mol. The van der Waals surface area contributed by atoms with Gasteiger partial charge in [0, 0.05) is 5.56 Å². The van der Waals surface area contributed by atoms with Gasteiger partial charge in [0.1, 0.15) is 24.0 Å². The lowest BCUT2D eigenvalue weighted by Crippen LogP contribution is -2.22. The molecule has 6 rings (SSSR count). The van der Waals surface area contributed by atoms with Crippen molar-refractivity contribution >= 4 is 17.3 Å². The smallest absolute Gasteiger partial charge is 0.338 e. The van der Waals surface area contributed by atoms with Crippen LogP contribution in [0, 0.1) is 0 Å². The molecule has 7 heteroatoms. The molecule has 0 fully saturated rings. The summed E-state index contributed by atoms with van der Waals surface area (Å²) in [6.07, 6.45) is 0. The molecule has 0 N–H and O–H groups in total. The van der Waals surface area contributed by atoms with Gasteiger partial charge < -0.3 is 18.9 Å². The maximum absolute atomic E-state index is 13.7. The van der Waals surface area contributed by atoms with Gasteiger partial charge in [-0.15, -0.1) is 11.3 Å². The number of carbonyl (C=O) groups excluding carboxylic acids is 1. The lowest BCUT2D eigenvalue weighted by molar-refractivity contribution is -0.140. The fraction of sp³-hybridized carbons (Fsp3) is 0.143. The molecule has 1 aliphatic rings. The molecule has 2 heterocycles. The van der Waals surface area contributed by atoms with Crippen LogP contribution in [0.3, 0.4) is 0 Å². The Morgan fingerprint density at radius 1 is 0.833 bits per heavy atom. The number of fused-ring (bicyclic) bond motifs is 1. The number of aromatic nitrogens is 1. The number of benzene rings is 4. The maximum atomic E-state index is 13.7. The Labute approximate surface area is 248 Å². The van der Waals surface area contributed by atoms with Gasteiger partial charge in [0.25, 0.3) is 0 Å². The van der Waals surface area contributed by atoms with E-state index in [4.69, 9.17) is 23.9 Å². The van der Waals surface area contributed by atoms with Crippen molar-refractivity contribution in [1.29, 1.82) is 0 Å². The molecule has 1 aromatic heterocycles. The Kier molecular flexibility index (Phi) is 8.01. The van der Waals surface area contributed by atoms with Crippen molar-refractivity contribution in [2.24, 2.45) is 0 Å². The summed E-state index contributed by atoms with van der Waals surface area (Å²) >= 11 is 1.50. The van der Waals surface area contributed by atoms with Gasteiger partial charge in [0.2, 0.25) is 5.88 Å². The molecule has 0 spiro atoms. The summed E-state index contributed by atoms with van der Waals surface area (Å²) in [5.41, 5.74) is 4.22. The lowest BCUT2D eigenvalue weighted by atomic mass is 9.87. The number of thiazole rings is 1. The third-order valence-corrected chi connectivity index (χ3v) is 8.16. The van der Waals surface area contributed by atoms with Gasteiger partial charge in [-0.05, 0) is 35.7 Å². The molecule has 0 bridgehead atoms. The second kappa shape index (κ2) is 12.3. The van der Waals surface area contributed by atoms with Crippen LogP contribution in [0.4, 0.5) is 0 Å². The van der Waals surface area contributed by atoms with Crippen LogP contribution >= 0.6 is 11.3 Å². The molecule has 1 aliphatic heterocycles. The fourth-order valence-electron chi connectivity index (χ4n) is 4.91. The molecular weight excluding hydrogens is 546 g/mol. The molecule has 210 valence electrons. The molecule has 1 atom stereocenters. The standard InChI is InChI=1S/C35H29NO5S/c1-23-30(35(37)40-22-25-14-8-4-9-15-25)31(32-33(41-23)36-34(42-32)26-16-10-5-11-17-26)27-18-19-28(29(20-27)38-2)39-21-24-12-6-3-7-13-24/h3-20,31H,21-22H2,1-2H3. The van der Waals surface area contributed by atoms with Crippen molar-refractivity contribution in [2.75, 3.05) is 7.11 Å². The van der Waals surface area contributed by atoms with Crippen molar-refractivity contribution in [2.45, 2.75) is 26.1 Å². The number of ether oxygens (including phenoxy) is 4. The van der Waals surface area contributed by atoms with Crippen molar-refractivity contribution in [1.82, 2.24) is 4.98 Å². The van der Waals surface area contributed by atoms with Crippen molar-refractivity contribution < 1.29 is 23.7 Å². The Morgan fingerprint density at radius 2 is 1.48 bits per heavy atom. The van der Waals surface area contributed by atoms with Crippen molar-refractivity contribution in [3.63, 3.8) is 0 Å². The molecule has 0 radical (unpaired) electrons. The summed E-state index contributed by atoms with van der Waals surface area (Å²) in [4.78, 5) is 19.3. The largest absolute Gasteiger partial charge is 0.493 e. The summed E-state index contributed by atoms with van der Waals surface area (Å²) in [7, 11) is 1.61. The van der Waals surface area contributed by atoms with E-state index in [0.29, 0.717) is 35.3 Å². The number of esters is 1. The first-order valence-corrected chi connectivity index (χ1v) is 14.4. The highest BCUT2D eigenvalue weighted by molar-refractivity contribution is 7.15. The van der Waals surface area contributed by atoms with E-state index >= 15 is 0 Å². The predicted octanol–water partition coefficient (Wildman–Crippen LogP) is 7.94. The van der Waals surface area contributed by atoms with E-state index in [2.05, 4.69) is 0 Å². The SMILES string of the molecule is COc1cc(C2C(C(=O)OCc3ccccc3)=C(C)Oc3nc(-c4ccccc4)sc32)ccc1OCc1ccccc1. The molecule has 42 heavy (non-hydrogen) atoms. The Balaban J connectivity index is 1.37. The van der Waals surface area contributed by atoms with Crippen LogP contribution < -0.4 is 14.2 Å². The van der Waals surface area contributed by atoms with Gasteiger partial charge >= 0.3 is 5.97 Å². The minimum Gasteiger partial charge on any atom is -0.493 e. The quantitative estimate of drug-likeness (QED) is 0.166. The van der Waals surface area contributed by atoms with E-state index in [0.717, 1.165) is 32.1 Å². The van der Waals surface area contributed by atoms with Crippen LogP contribution in [0.2, 0.25) is 0 Å². The summed E-state index contributed by atoms with van der Waals surface area (Å²) in [6.45, 7) is 2.35. The van der Waals surface area contributed by atoms with E-state index in [9.17, 15) is 4.79 Å². The molecule has 1 unspecified atom stereocenters.